The van der Waals surface area contributed by atoms with Crippen molar-refractivity contribution in [3.63, 3.8) is 0 Å². The maximum Gasteiger partial charge on any atom is 0.232 e. The summed E-state index contributed by atoms with van der Waals surface area (Å²) in [5, 5.41) is 9.71. The Kier molecular flexibility index (Phi) is 9.51. The van der Waals surface area contributed by atoms with E-state index >= 15 is 0 Å². The molecule has 0 amide bonds. The molecule has 30 heavy (non-hydrogen) atoms. The van der Waals surface area contributed by atoms with E-state index in [2.05, 4.69) is 45.9 Å². The number of para-hydroxylation sites is 1. The third-order valence-corrected chi connectivity index (χ3v) is 3.90. The summed E-state index contributed by atoms with van der Waals surface area (Å²) in [6.45, 7) is 6.73. The first-order valence-corrected chi connectivity index (χ1v) is 10.3. The van der Waals surface area contributed by atoms with Crippen molar-refractivity contribution < 1.29 is 0 Å². The van der Waals surface area contributed by atoms with Gasteiger partial charge in [-0.05, 0) is 67.7 Å². The third kappa shape index (κ3) is 8.27. The molecule has 160 valence electrons. The van der Waals surface area contributed by atoms with E-state index in [1.165, 1.54) is 0 Å². The van der Waals surface area contributed by atoms with Crippen molar-refractivity contribution in [2.24, 2.45) is 0 Å². The van der Waals surface area contributed by atoms with Gasteiger partial charge in [0.1, 0.15) is 0 Å². The second kappa shape index (κ2) is 11.8. The summed E-state index contributed by atoms with van der Waals surface area (Å²) in [6.07, 6.45) is 0. The van der Waals surface area contributed by atoms with Gasteiger partial charge in [-0.3, -0.25) is 0 Å². The van der Waals surface area contributed by atoms with Crippen LogP contribution in [0.4, 0.5) is 23.5 Å². The molecule has 9 nitrogen and oxygen atoms in total. The van der Waals surface area contributed by atoms with E-state index in [1.807, 2.05) is 32.9 Å². The number of anilines is 4. The summed E-state index contributed by atoms with van der Waals surface area (Å²) >= 11 is 23.0. The van der Waals surface area contributed by atoms with Crippen LogP contribution in [0.5, 0.6) is 0 Å². The van der Waals surface area contributed by atoms with Gasteiger partial charge in [0.25, 0.3) is 0 Å². The van der Waals surface area contributed by atoms with Gasteiger partial charge in [0, 0.05) is 12.6 Å². The molecule has 2 aromatic heterocycles. The molecule has 0 aliphatic heterocycles. The summed E-state index contributed by atoms with van der Waals surface area (Å²) in [4.78, 5) is 23.4. The highest BCUT2D eigenvalue weighted by Gasteiger charge is 2.06. The molecule has 2 heterocycles. The van der Waals surface area contributed by atoms with Crippen molar-refractivity contribution in [3.05, 3.63) is 45.1 Å². The van der Waals surface area contributed by atoms with Gasteiger partial charge in [0.15, 0.2) is 0 Å². The summed E-state index contributed by atoms with van der Waals surface area (Å²) in [5.41, 5.74) is 0.669. The molecular weight excluding hydrogens is 472 g/mol. The number of halogens is 4. The van der Waals surface area contributed by atoms with E-state index in [1.54, 1.807) is 12.1 Å². The number of benzene rings is 1. The lowest BCUT2D eigenvalue weighted by atomic mass is 10.3. The van der Waals surface area contributed by atoms with Crippen LogP contribution in [0.15, 0.2) is 24.3 Å². The fraction of sp³-hybridized carbons (Fsp3) is 0.294. The minimum absolute atomic E-state index is 0.0227. The van der Waals surface area contributed by atoms with Gasteiger partial charge >= 0.3 is 0 Å². The lowest BCUT2D eigenvalue weighted by Gasteiger charge is -2.09. The minimum Gasteiger partial charge on any atom is -0.354 e. The van der Waals surface area contributed by atoms with E-state index < -0.39 is 0 Å². The number of hydrogen-bond donors (Lipinski definition) is 3. The first-order chi connectivity index (χ1) is 14.3. The van der Waals surface area contributed by atoms with Crippen molar-refractivity contribution in [3.8, 4) is 0 Å². The van der Waals surface area contributed by atoms with Gasteiger partial charge in [0.2, 0.25) is 33.7 Å². The topological polar surface area (TPSA) is 113 Å². The summed E-state index contributed by atoms with van der Waals surface area (Å²) in [7, 11) is 0. The van der Waals surface area contributed by atoms with Crippen molar-refractivity contribution in [1.29, 1.82) is 0 Å². The number of hydrogen-bond acceptors (Lipinski definition) is 9. The zero-order valence-electron chi connectivity index (χ0n) is 16.3. The quantitative estimate of drug-likeness (QED) is 0.420. The Bertz CT molecular complexity index is 951. The lowest BCUT2D eigenvalue weighted by Crippen LogP contribution is -2.14. The molecule has 1 aromatic carbocycles. The van der Waals surface area contributed by atoms with Crippen LogP contribution in [0.2, 0.25) is 20.9 Å². The van der Waals surface area contributed by atoms with Crippen LogP contribution in [0, 0.1) is 0 Å². The highest BCUT2D eigenvalue weighted by Crippen LogP contribution is 2.23. The fourth-order valence-corrected chi connectivity index (χ4v) is 2.68. The minimum atomic E-state index is 0.0227. The maximum atomic E-state index is 5.95. The van der Waals surface area contributed by atoms with Gasteiger partial charge in [-0.25, -0.2) is 0 Å². The Morgan fingerprint density at radius 2 is 1.33 bits per heavy atom. The molecule has 0 radical (unpaired) electrons. The van der Waals surface area contributed by atoms with Crippen LogP contribution in [-0.4, -0.2) is 42.5 Å². The molecule has 0 bridgehead atoms. The van der Waals surface area contributed by atoms with Crippen molar-refractivity contribution in [2.45, 2.75) is 26.8 Å². The van der Waals surface area contributed by atoms with Crippen molar-refractivity contribution >= 4 is 69.9 Å². The van der Waals surface area contributed by atoms with Gasteiger partial charge in [-0.15, -0.1) is 0 Å². The average molecular weight is 491 g/mol. The average Bonchev–Trinajstić information content (AvgIpc) is 2.62. The van der Waals surface area contributed by atoms with Crippen LogP contribution in [0.1, 0.15) is 20.8 Å². The number of rotatable bonds is 6. The van der Waals surface area contributed by atoms with Crippen molar-refractivity contribution in [2.75, 3.05) is 22.5 Å². The fourth-order valence-electron chi connectivity index (χ4n) is 1.97. The number of nitrogens with one attached hydrogen (secondary N) is 3. The second-order valence-corrected chi connectivity index (χ2v) is 7.30. The Morgan fingerprint density at radius 1 is 0.767 bits per heavy atom. The van der Waals surface area contributed by atoms with Gasteiger partial charge in [-0.1, -0.05) is 23.7 Å². The number of nitrogens with zero attached hydrogens (tertiary/aromatic N) is 6. The van der Waals surface area contributed by atoms with Crippen molar-refractivity contribution in [1.82, 2.24) is 29.9 Å². The predicted molar refractivity (Wildman–Crippen MR) is 122 cm³/mol. The van der Waals surface area contributed by atoms with Crippen LogP contribution in [-0.2, 0) is 0 Å². The predicted octanol–water partition coefficient (Wildman–Crippen LogP) is 5.35. The van der Waals surface area contributed by atoms with Gasteiger partial charge in [-0.2, -0.15) is 29.9 Å². The molecule has 13 heteroatoms. The monoisotopic (exact) mass is 489 g/mol. The van der Waals surface area contributed by atoms with Gasteiger partial charge in [0.05, 0.1) is 10.7 Å². The van der Waals surface area contributed by atoms with E-state index in [0.717, 1.165) is 6.54 Å². The molecule has 3 N–H and O–H groups in total. The Morgan fingerprint density at radius 3 is 1.93 bits per heavy atom. The Hall–Kier alpha value is -2.20. The molecule has 0 aliphatic carbocycles. The molecular formula is C17H19Cl4N9. The van der Waals surface area contributed by atoms with E-state index in [0.29, 0.717) is 22.6 Å². The van der Waals surface area contributed by atoms with E-state index in [4.69, 9.17) is 46.4 Å². The van der Waals surface area contributed by atoms with Crippen LogP contribution in [0.3, 0.4) is 0 Å². The van der Waals surface area contributed by atoms with E-state index in [-0.39, 0.29) is 27.8 Å². The standard InChI is InChI=1S/C9H5Cl3N4.C8H14ClN5/c10-5-3-1-2-4-6(5)13-9-15-7(11)14-8(12)16-9;1-4-10-7-12-6(9)13-8(14-7)11-5(2)3/h1-4H,(H,13,14,15,16);5H,4H2,1-3H3,(H2,10,11,12,13,14). The van der Waals surface area contributed by atoms with Crippen LogP contribution < -0.4 is 16.0 Å². The molecule has 0 atom stereocenters. The molecule has 3 rings (SSSR count). The largest absolute Gasteiger partial charge is 0.354 e. The third-order valence-electron chi connectivity index (χ3n) is 3.06. The highest BCUT2D eigenvalue weighted by atomic mass is 35.5. The molecule has 0 unspecified atom stereocenters. The lowest BCUT2D eigenvalue weighted by molar-refractivity contribution is 0.866. The highest BCUT2D eigenvalue weighted by molar-refractivity contribution is 6.33. The molecule has 0 saturated heterocycles. The first-order valence-electron chi connectivity index (χ1n) is 8.77. The molecule has 0 fully saturated rings. The normalized spacial score (nSPS) is 10.3. The molecule has 0 saturated carbocycles. The van der Waals surface area contributed by atoms with Crippen LogP contribution in [0.25, 0.3) is 0 Å². The summed E-state index contributed by atoms with van der Waals surface area (Å²) < 4.78 is 0. The zero-order chi connectivity index (χ0) is 22.1. The van der Waals surface area contributed by atoms with E-state index in [9.17, 15) is 0 Å². The summed E-state index contributed by atoms with van der Waals surface area (Å²) in [5.74, 6) is 1.24. The Labute approximate surface area is 194 Å². The molecule has 0 aliphatic rings. The summed E-state index contributed by atoms with van der Waals surface area (Å²) in [6, 6.07) is 7.45. The SMILES string of the molecule is CCNc1nc(Cl)nc(NC(C)C)n1.Clc1nc(Cl)nc(Nc2ccccc2Cl)n1. The second-order valence-electron chi connectivity index (χ2n) is 5.88. The molecule has 0 spiro atoms. The molecule has 3 aromatic rings. The maximum absolute atomic E-state index is 5.95. The van der Waals surface area contributed by atoms with Gasteiger partial charge < -0.3 is 16.0 Å². The Balaban J connectivity index is 0.000000216. The first kappa shape index (κ1) is 24.1. The number of aromatic nitrogens is 6. The zero-order valence-corrected chi connectivity index (χ0v) is 19.3. The van der Waals surface area contributed by atoms with Crippen LogP contribution >= 0.6 is 46.4 Å². The smallest absolute Gasteiger partial charge is 0.232 e.